The number of aromatic nitrogens is 1. The third-order valence-corrected chi connectivity index (χ3v) is 3.34. The number of benzene rings is 1. The Labute approximate surface area is 99.9 Å². The number of nitrogen functional groups attached to an aromatic ring is 1. The molecule has 0 saturated carbocycles. The van der Waals surface area contributed by atoms with Gasteiger partial charge in [-0.3, -0.25) is 0 Å². The van der Waals surface area contributed by atoms with Crippen molar-refractivity contribution in [3.63, 3.8) is 0 Å². The lowest BCUT2D eigenvalue weighted by atomic mass is 10.1. The lowest BCUT2D eigenvalue weighted by molar-refractivity contribution is 0.528. The molecule has 90 valence electrons. The molecule has 0 atom stereocenters. The van der Waals surface area contributed by atoms with Crippen LogP contribution in [0.15, 0.2) is 12.1 Å². The molecule has 1 aromatic heterocycles. The minimum absolute atomic E-state index is 0.0264. The zero-order valence-electron chi connectivity index (χ0n) is 8.93. The average Bonchev–Trinajstić information content (AvgIpc) is 2.51. The van der Waals surface area contributed by atoms with Crippen LogP contribution >= 0.6 is 11.3 Å². The maximum absolute atomic E-state index is 13.4. The van der Waals surface area contributed by atoms with Crippen LogP contribution in [0.25, 0.3) is 0 Å². The molecule has 2 rings (SSSR count). The Morgan fingerprint density at radius 2 is 1.82 bits per heavy atom. The molecule has 2 N–H and O–H groups in total. The van der Waals surface area contributed by atoms with Crippen molar-refractivity contribution in [1.29, 1.82) is 0 Å². The van der Waals surface area contributed by atoms with Gasteiger partial charge in [0.05, 0.1) is 5.69 Å². The van der Waals surface area contributed by atoms with E-state index in [-0.39, 0.29) is 12.0 Å². The van der Waals surface area contributed by atoms with Crippen molar-refractivity contribution in [2.75, 3.05) is 5.73 Å². The number of nitrogens with zero attached hydrogens (tertiary/aromatic N) is 1. The molecule has 0 unspecified atom stereocenters. The topological polar surface area (TPSA) is 38.9 Å². The van der Waals surface area contributed by atoms with Crippen LogP contribution in [-0.4, -0.2) is 4.98 Å². The highest BCUT2D eigenvalue weighted by atomic mass is 32.1. The first kappa shape index (κ1) is 11.9. The summed E-state index contributed by atoms with van der Waals surface area (Å²) in [5.74, 6) is -2.72. The molecule has 17 heavy (non-hydrogen) atoms. The fraction of sp³-hybridized carbons (Fsp3) is 0.182. The normalized spacial score (nSPS) is 10.8. The summed E-state index contributed by atoms with van der Waals surface area (Å²) >= 11 is 1.17. The third-order valence-electron chi connectivity index (χ3n) is 2.35. The van der Waals surface area contributed by atoms with Gasteiger partial charge < -0.3 is 5.73 Å². The fourth-order valence-corrected chi connectivity index (χ4v) is 2.36. The molecule has 0 saturated heterocycles. The van der Waals surface area contributed by atoms with E-state index in [0.29, 0.717) is 27.8 Å². The Morgan fingerprint density at radius 3 is 2.29 bits per heavy atom. The molecule has 2 aromatic rings. The number of aryl methyl sites for hydroxylation is 1. The number of rotatable bonds is 2. The summed E-state index contributed by atoms with van der Waals surface area (Å²) in [5, 5.41) is 0.348. The number of hydrogen-bond acceptors (Lipinski definition) is 3. The van der Waals surface area contributed by atoms with E-state index in [1.165, 1.54) is 11.3 Å². The van der Waals surface area contributed by atoms with Crippen LogP contribution < -0.4 is 5.73 Å². The van der Waals surface area contributed by atoms with E-state index in [2.05, 4.69) is 4.98 Å². The van der Waals surface area contributed by atoms with E-state index < -0.39 is 17.5 Å². The smallest absolute Gasteiger partial charge is 0.180 e. The summed E-state index contributed by atoms with van der Waals surface area (Å²) in [6, 6.07) is 1.33. The first-order chi connectivity index (χ1) is 7.97. The van der Waals surface area contributed by atoms with Gasteiger partial charge in [-0.1, -0.05) is 0 Å². The monoisotopic (exact) mass is 258 g/mol. The molecule has 2 nitrogen and oxygen atoms in total. The van der Waals surface area contributed by atoms with Crippen LogP contribution in [0.4, 0.5) is 18.3 Å². The first-order valence-corrected chi connectivity index (χ1v) is 5.64. The minimum atomic E-state index is -0.927. The van der Waals surface area contributed by atoms with E-state index in [4.69, 9.17) is 5.73 Å². The van der Waals surface area contributed by atoms with Gasteiger partial charge in [0, 0.05) is 29.0 Å². The Morgan fingerprint density at radius 1 is 1.24 bits per heavy atom. The molecular weight excluding hydrogens is 249 g/mol. The van der Waals surface area contributed by atoms with Gasteiger partial charge in [-0.05, 0) is 6.92 Å². The lowest BCUT2D eigenvalue weighted by Crippen LogP contribution is -1.98. The van der Waals surface area contributed by atoms with Crippen LogP contribution in [0.5, 0.6) is 0 Å². The maximum Gasteiger partial charge on any atom is 0.180 e. The largest absolute Gasteiger partial charge is 0.375 e. The molecule has 0 aliphatic heterocycles. The molecule has 0 bridgehead atoms. The Balaban J connectivity index is 2.39. The van der Waals surface area contributed by atoms with Crippen molar-refractivity contribution in [2.45, 2.75) is 13.3 Å². The molecule has 6 heteroatoms. The summed E-state index contributed by atoms with van der Waals surface area (Å²) in [6.45, 7) is 1.71. The lowest BCUT2D eigenvalue weighted by Gasteiger charge is -2.04. The number of thiazole rings is 1. The van der Waals surface area contributed by atoms with Crippen LogP contribution in [0, 0.1) is 24.4 Å². The van der Waals surface area contributed by atoms with Gasteiger partial charge in [0.15, 0.2) is 5.13 Å². The summed E-state index contributed by atoms with van der Waals surface area (Å²) in [7, 11) is 0. The van der Waals surface area contributed by atoms with Crippen molar-refractivity contribution >= 4 is 16.5 Å². The molecule has 0 aliphatic carbocycles. The van der Waals surface area contributed by atoms with Crippen molar-refractivity contribution < 1.29 is 13.2 Å². The summed E-state index contributed by atoms with van der Waals surface area (Å²) in [5.41, 5.74) is 5.96. The predicted octanol–water partition coefficient (Wildman–Crippen LogP) is 3.04. The van der Waals surface area contributed by atoms with Crippen LogP contribution in [0.3, 0.4) is 0 Å². The van der Waals surface area contributed by atoms with Crippen LogP contribution in [0.1, 0.15) is 16.1 Å². The highest BCUT2D eigenvalue weighted by Gasteiger charge is 2.15. The zero-order chi connectivity index (χ0) is 12.6. The first-order valence-electron chi connectivity index (χ1n) is 4.82. The molecule has 0 fully saturated rings. The molecule has 1 heterocycles. The minimum Gasteiger partial charge on any atom is -0.375 e. The number of halogens is 3. The number of anilines is 1. The molecule has 0 spiro atoms. The maximum atomic E-state index is 13.4. The summed E-state index contributed by atoms with van der Waals surface area (Å²) in [4.78, 5) is 4.63. The van der Waals surface area contributed by atoms with Crippen molar-refractivity contribution in [1.82, 2.24) is 4.98 Å². The Hall–Kier alpha value is -1.56. The van der Waals surface area contributed by atoms with E-state index >= 15 is 0 Å². The highest BCUT2D eigenvalue weighted by molar-refractivity contribution is 7.15. The Bertz CT molecular complexity index is 543. The van der Waals surface area contributed by atoms with Crippen LogP contribution in [-0.2, 0) is 6.42 Å². The van der Waals surface area contributed by atoms with Gasteiger partial charge in [-0.25, -0.2) is 18.2 Å². The second kappa shape index (κ2) is 4.37. The van der Waals surface area contributed by atoms with Gasteiger partial charge in [-0.2, -0.15) is 0 Å². The van der Waals surface area contributed by atoms with E-state index in [0.717, 1.165) is 0 Å². The second-order valence-corrected chi connectivity index (χ2v) is 4.70. The summed E-state index contributed by atoms with van der Waals surface area (Å²) < 4.78 is 39.5. The van der Waals surface area contributed by atoms with E-state index in [1.54, 1.807) is 6.92 Å². The Kier molecular flexibility index (Phi) is 3.06. The van der Waals surface area contributed by atoms with Crippen LogP contribution in [0.2, 0.25) is 0 Å². The van der Waals surface area contributed by atoms with E-state index in [1.807, 2.05) is 0 Å². The number of nitrogens with two attached hydrogens (primary N) is 1. The molecule has 0 aliphatic rings. The summed E-state index contributed by atoms with van der Waals surface area (Å²) in [6.07, 6.45) is 0.0264. The fourth-order valence-electron chi connectivity index (χ4n) is 1.52. The van der Waals surface area contributed by atoms with Gasteiger partial charge in [0.25, 0.3) is 0 Å². The predicted molar refractivity (Wildman–Crippen MR) is 60.4 cm³/mol. The standard InChI is InChI=1S/C11H9F3N2S/c1-5-10(17-11(15)16-5)4-7-8(13)2-6(12)3-9(7)14/h2-3H,4H2,1H3,(H2,15,16). The second-order valence-electron chi connectivity index (χ2n) is 3.59. The molecular formula is C11H9F3N2S. The molecule has 1 aromatic carbocycles. The van der Waals surface area contributed by atoms with Crippen molar-refractivity contribution in [2.24, 2.45) is 0 Å². The molecule has 0 amide bonds. The zero-order valence-corrected chi connectivity index (χ0v) is 9.75. The van der Waals surface area contributed by atoms with Gasteiger partial charge in [-0.15, -0.1) is 11.3 Å². The quantitative estimate of drug-likeness (QED) is 0.899. The van der Waals surface area contributed by atoms with Crippen molar-refractivity contribution in [3.8, 4) is 0 Å². The highest BCUT2D eigenvalue weighted by Crippen LogP contribution is 2.25. The van der Waals surface area contributed by atoms with Gasteiger partial charge in [0.2, 0.25) is 0 Å². The number of hydrogen-bond donors (Lipinski definition) is 1. The van der Waals surface area contributed by atoms with Gasteiger partial charge >= 0.3 is 0 Å². The van der Waals surface area contributed by atoms with Gasteiger partial charge in [0.1, 0.15) is 17.5 Å². The molecule has 0 radical (unpaired) electrons. The van der Waals surface area contributed by atoms with E-state index in [9.17, 15) is 13.2 Å². The van der Waals surface area contributed by atoms with Crippen molar-refractivity contribution in [3.05, 3.63) is 45.7 Å². The average molecular weight is 258 g/mol. The third kappa shape index (κ3) is 2.41. The SMILES string of the molecule is Cc1nc(N)sc1Cc1c(F)cc(F)cc1F.